The Kier molecular flexibility index (Phi) is 5.86. The van der Waals surface area contributed by atoms with E-state index in [1.54, 1.807) is 24.3 Å². The summed E-state index contributed by atoms with van der Waals surface area (Å²) in [7, 11) is 1.51. The van der Waals surface area contributed by atoms with Gasteiger partial charge >= 0.3 is 5.69 Å². The Morgan fingerprint density at radius 1 is 1.31 bits per heavy atom. The third-order valence-electron chi connectivity index (χ3n) is 4.81. The smallest absolute Gasteiger partial charge is 0.329 e. The number of fused-ring (bicyclic) bond motifs is 1. The van der Waals surface area contributed by atoms with Crippen molar-refractivity contribution >= 4 is 23.3 Å². The van der Waals surface area contributed by atoms with Gasteiger partial charge in [0, 0.05) is 24.7 Å². The zero-order chi connectivity index (χ0) is 21.1. The molecule has 29 heavy (non-hydrogen) atoms. The Morgan fingerprint density at radius 3 is 2.76 bits per heavy atom. The zero-order valence-corrected chi connectivity index (χ0v) is 16.6. The molecule has 1 aromatic carbocycles. The molecule has 0 fully saturated rings. The van der Waals surface area contributed by atoms with Crippen molar-refractivity contribution in [2.24, 2.45) is 5.92 Å². The highest BCUT2D eigenvalue weighted by atomic mass is 16.5. The van der Waals surface area contributed by atoms with E-state index in [0.29, 0.717) is 30.3 Å². The second-order valence-corrected chi connectivity index (χ2v) is 7.38. The van der Waals surface area contributed by atoms with Crippen LogP contribution in [0.1, 0.15) is 38.2 Å². The summed E-state index contributed by atoms with van der Waals surface area (Å²) in [5.41, 5.74) is -0.708. The standard InChI is InChI=1S/C20H24N4O5/c1-11(2)7-8-24-17-16(19(27)23-20(24)28)14(10-15(25)22-17)18(26)21-12-5-4-6-13(9-12)29-3/h4-6,9,11,14H,7-8,10H2,1-3H3,(H,21,26)(H,22,25)(H,23,27,28)/t14-/m1/s1. The number of H-pyrrole nitrogens is 1. The van der Waals surface area contributed by atoms with Gasteiger partial charge in [0.15, 0.2) is 0 Å². The third-order valence-corrected chi connectivity index (χ3v) is 4.81. The number of rotatable bonds is 6. The highest BCUT2D eigenvalue weighted by Gasteiger charge is 2.35. The van der Waals surface area contributed by atoms with Crippen molar-refractivity contribution in [3.8, 4) is 5.75 Å². The van der Waals surface area contributed by atoms with Gasteiger partial charge in [0.1, 0.15) is 11.6 Å². The number of aromatic amines is 1. The number of amides is 2. The fourth-order valence-electron chi connectivity index (χ4n) is 3.27. The average molecular weight is 400 g/mol. The quantitative estimate of drug-likeness (QED) is 0.681. The summed E-state index contributed by atoms with van der Waals surface area (Å²) < 4.78 is 6.46. The molecule has 2 amide bonds. The maximum absolute atomic E-state index is 12.9. The van der Waals surface area contributed by atoms with Gasteiger partial charge in [-0.15, -0.1) is 0 Å². The molecule has 0 saturated heterocycles. The first kappa shape index (κ1) is 20.4. The maximum Gasteiger partial charge on any atom is 0.329 e. The van der Waals surface area contributed by atoms with Crippen LogP contribution >= 0.6 is 0 Å². The van der Waals surface area contributed by atoms with Gasteiger partial charge in [-0.25, -0.2) is 4.79 Å². The van der Waals surface area contributed by atoms with E-state index in [9.17, 15) is 19.2 Å². The van der Waals surface area contributed by atoms with Crippen LogP contribution in [0.3, 0.4) is 0 Å². The number of aromatic nitrogens is 2. The van der Waals surface area contributed by atoms with E-state index in [0.717, 1.165) is 0 Å². The topological polar surface area (TPSA) is 122 Å². The van der Waals surface area contributed by atoms with Crippen LogP contribution < -0.4 is 26.6 Å². The van der Waals surface area contributed by atoms with E-state index in [2.05, 4.69) is 15.6 Å². The van der Waals surface area contributed by atoms with Crippen molar-refractivity contribution in [3.05, 3.63) is 50.7 Å². The lowest BCUT2D eigenvalue weighted by molar-refractivity contribution is -0.123. The minimum atomic E-state index is -1.01. The molecule has 0 unspecified atom stereocenters. The Hall–Kier alpha value is -3.36. The van der Waals surface area contributed by atoms with Gasteiger partial charge in [0.05, 0.1) is 18.6 Å². The molecule has 9 nitrogen and oxygen atoms in total. The highest BCUT2D eigenvalue weighted by Crippen LogP contribution is 2.30. The van der Waals surface area contributed by atoms with Gasteiger partial charge in [0.2, 0.25) is 11.8 Å². The number of carbonyl (C=O) groups excluding carboxylic acids is 2. The number of carbonyl (C=O) groups is 2. The van der Waals surface area contributed by atoms with Crippen LogP contribution in [-0.2, 0) is 16.1 Å². The summed E-state index contributed by atoms with van der Waals surface area (Å²) in [6.07, 6.45) is 0.489. The molecule has 9 heteroatoms. The number of anilines is 2. The lowest BCUT2D eigenvalue weighted by Gasteiger charge is -2.26. The van der Waals surface area contributed by atoms with Crippen molar-refractivity contribution in [2.45, 2.75) is 39.2 Å². The number of benzene rings is 1. The van der Waals surface area contributed by atoms with Crippen molar-refractivity contribution in [1.29, 1.82) is 0 Å². The largest absolute Gasteiger partial charge is 0.497 e. The Morgan fingerprint density at radius 2 is 2.07 bits per heavy atom. The van der Waals surface area contributed by atoms with Crippen molar-refractivity contribution in [2.75, 3.05) is 17.7 Å². The number of hydrogen-bond acceptors (Lipinski definition) is 5. The van der Waals surface area contributed by atoms with Crippen LogP contribution in [0.25, 0.3) is 0 Å². The number of nitrogens with one attached hydrogen (secondary N) is 3. The van der Waals surface area contributed by atoms with Gasteiger partial charge in [-0.1, -0.05) is 19.9 Å². The van der Waals surface area contributed by atoms with Crippen LogP contribution in [0.15, 0.2) is 33.9 Å². The molecule has 0 bridgehead atoms. The molecule has 2 heterocycles. The van der Waals surface area contributed by atoms with Crippen LogP contribution in [0.5, 0.6) is 5.75 Å². The highest BCUT2D eigenvalue weighted by molar-refractivity contribution is 6.04. The molecule has 0 saturated carbocycles. The fraction of sp³-hybridized carbons (Fsp3) is 0.400. The van der Waals surface area contributed by atoms with E-state index >= 15 is 0 Å². The minimum absolute atomic E-state index is 0.0911. The molecule has 1 aromatic heterocycles. The molecule has 3 rings (SSSR count). The molecule has 2 aromatic rings. The van der Waals surface area contributed by atoms with Crippen molar-refractivity contribution < 1.29 is 14.3 Å². The van der Waals surface area contributed by atoms with Crippen LogP contribution in [-0.4, -0.2) is 28.5 Å². The van der Waals surface area contributed by atoms with E-state index in [4.69, 9.17) is 4.74 Å². The summed E-state index contributed by atoms with van der Waals surface area (Å²) in [6.45, 7) is 4.33. The van der Waals surface area contributed by atoms with E-state index in [1.165, 1.54) is 11.7 Å². The van der Waals surface area contributed by atoms with Gasteiger partial charge in [-0.3, -0.25) is 23.9 Å². The molecule has 1 aliphatic heterocycles. The fourth-order valence-corrected chi connectivity index (χ4v) is 3.27. The normalized spacial score (nSPS) is 15.6. The first-order valence-corrected chi connectivity index (χ1v) is 9.42. The van der Waals surface area contributed by atoms with Crippen LogP contribution in [0.2, 0.25) is 0 Å². The Labute approximate surface area is 167 Å². The van der Waals surface area contributed by atoms with E-state index in [1.807, 2.05) is 13.8 Å². The van der Waals surface area contributed by atoms with Crippen LogP contribution in [0, 0.1) is 5.92 Å². The first-order valence-electron chi connectivity index (χ1n) is 9.42. The van der Waals surface area contributed by atoms with Gasteiger partial charge in [0.25, 0.3) is 5.56 Å². The number of hydrogen-bond donors (Lipinski definition) is 3. The molecule has 0 radical (unpaired) electrons. The lowest BCUT2D eigenvalue weighted by Crippen LogP contribution is -2.42. The SMILES string of the molecule is COc1cccc(NC(=O)[C@@H]2CC(=O)Nc3c2c(=O)[nH]c(=O)n3CCC(C)C)c1. The second kappa shape index (κ2) is 8.34. The van der Waals surface area contributed by atoms with Crippen molar-refractivity contribution in [1.82, 2.24) is 9.55 Å². The predicted octanol–water partition coefficient (Wildman–Crippen LogP) is 1.66. The van der Waals surface area contributed by atoms with Crippen LogP contribution in [0.4, 0.5) is 11.5 Å². The monoisotopic (exact) mass is 400 g/mol. The maximum atomic E-state index is 12.9. The summed E-state index contributed by atoms with van der Waals surface area (Å²) in [6, 6.07) is 6.76. The van der Waals surface area contributed by atoms with Gasteiger partial charge in [-0.05, 0) is 24.5 Å². The molecule has 0 spiro atoms. The molecule has 1 atom stereocenters. The molecule has 3 N–H and O–H groups in total. The summed E-state index contributed by atoms with van der Waals surface area (Å²) >= 11 is 0. The summed E-state index contributed by atoms with van der Waals surface area (Å²) in [5, 5.41) is 5.33. The molecule has 1 aliphatic rings. The van der Waals surface area contributed by atoms with Crippen molar-refractivity contribution in [3.63, 3.8) is 0 Å². The Balaban J connectivity index is 1.99. The average Bonchev–Trinajstić information content (AvgIpc) is 2.66. The Bertz CT molecular complexity index is 1050. The number of methoxy groups -OCH3 is 1. The van der Waals surface area contributed by atoms with Gasteiger partial charge < -0.3 is 15.4 Å². The summed E-state index contributed by atoms with van der Waals surface area (Å²) in [4.78, 5) is 52.3. The molecular weight excluding hydrogens is 376 g/mol. The third kappa shape index (κ3) is 4.39. The zero-order valence-electron chi connectivity index (χ0n) is 16.6. The van der Waals surface area contributed by atoms with E-state index < -0.39 is 29.0 Å². The molecule has 0 aliphatic carbocycles. The molecular formula is C20H24N4O5. The predicted molar refractivity (Wildman–Crippen MR) is 108 cm³/mol. The summed E-state index contributed by atoms with van der Waals surface area (Å²) in [5.74, 6) is -0.970. The number of nitrogens with zero attached hydrogens (tertiary/aromatic N) is 1. The first-order chi connectivity index (χ1) is 13.8. The minimum Gasteiger partial charge on any atom is -0.497 e. The number of ether oxygens (including phenoxy) is 1. The lowest BCUT2D eigenvalue weighted by atomic mass is 9.92. The molecule has 154 valence electrons. The van der Waals surface area contributed by atoms with Gasteiger partial charge in [-0.2, -0.15) is 0 Å². The second-order valence-electron chi connectivity index (χ2n) is 7.38. The van der Waals surface area contributed by atoms with E-state index in [-0.39, 0.29) is 17.8 Å².